The van der Waals surface area contributed by atoms with E-state index in [0.717, 1.165) is 25.7 Å². The lowest BCUT2D eigenvalue weighted by atomic mass is 9.84. The summed E-state index contributed by atoms with van der Waals surface area (Å²) in [5, 5.41) is 38.0. The van der Waals surface area contributed by atoms with Crippen molar-refractivity contribution in [2.24, 2.45) is 10.9 Å². The molecule has 2 aliphatic carbocycles. The van der Waals surface area contributed by atoms with Gasteiger partial charge in [0, 0.05) is 6.04 Å². The van der Waals surface area contributed by atoms with E-state index in [9.17, 15) is 19.7 Å². The number of fused-ring (bicyclic) bond motifs is 1. The van der Waals surface area contributed by atoms with Gasteiger partial charge in [-0.3, -0.25) is 4.57 Å². The molecule has 196 valence electrons. The minimum atomic E-state index is -1.13. The Morgan fingerprint density at radius 1 is 1.20 bits per heavy atom. The minimum absolute atomic E-state index is 0.0925. The van der Waals surface area contributed by atoms with Gasteiger partial charge in [-0.05, 0) is 71.1 Å². The zero-order chi connectivity index (χ0) is 24.7. The molecule has 35 heavy (non-hydrogen) atoms. The van der Waals surface area contributed by atoms with Crippen LogP contribution in [0.25, 0.3) is 0 Å². The molecule has 0 radical (unpaired) electrons. The summed E-state index contributed by atoms with van der Waals surface area (Å²) in [6.07, 6.45) is 2.32. The third-order valence-corrected chi connectivity index (χ3v) is 7.98. The molecule has 0 amide bonds. The molecule has 1 aromatic rings. The maximum atomic E-state index is 13.5. The van der Waals surface area contributed by atoms with Gasteiger partial charge in [-0.25, -0.2) is 14.4 Å². The third-order valence-electron chi connectivity index (χ3n) is 7.98. The Morgan fingerprint density at radius 3 is 2.57 bits per heavy atom. The molecular weight excluding hydrogens is 457 g/mol. The van der Waals surface area contributed by atoms with Gasteiger partial charge in [0.1, 0.15) is 29.9 Å². The van der Waals surface area contributed by atoms with Gasteiger partial charge in [0.2, 0.25) is 5.95 Å². The van der Waals surface area contributed by atoms with Crippen LogP contribution in [0.5, 0.6) is 0 Å². The predicted octanol–water partition coefficient (Wildman–Crippen LogP) is 2.63. The summed E-state index contributed by atoms with van der Waals surface area (Å²) >= 11 is 0. The van der Waals surface area contributed by atoms with E-state index in [1.165, 1.54) is 0 Å². The Morgan fingerprint density at radius 2 is 1.91 bits per heavy atom. The molecule has 0 spiro atoms. The summed E-state index contributed by atoms with van der Waals surface area (Å²) in [5.74, 6) is 1.38. The Kier molecular flexibility index (Phi) is 7.06. The van der Waals surface area contributed by atoms with Gasteiger partial charge >= 0.3 is 0 Å². The summed E-state index contributed by atoms with van der Waals surface area (Å²) in [6, 6.07) is 0.0925. The molecule has 0 bridgehead atoms. The summed E-state index contributed by atoms with van der Waals surface area (Å²) < 4.78 is 27.3. The second kappa shape index (κ2) is 9.93. The second-order valence-corrected chi connectivity index (χ2v) is 10.9. The smallest absolute Gasteiger partial charge is 0.207 e. The number of nitrogens with one attached hydrogen (secondary N) is 2. The van der Waals surface area contributed by atoms with Gasteiger partial charge in [-0.15, -0.1) is 0 Å². The van der Waals surface area contributed by atoms with Gasteiger partial charge in [0.25, 0.3) is 0 Å². The number of ether oxygens (including phenoxy) is 2. The normalized spacial score (nSPS) is 41.4. The van der Waals surface area contributed by atoms with Crippen LogP contribution in [0.15, 0.2) is 4.99 Å². The van der Waals surface area contributed by atoms with Crippen LogP contribution in [-0.2, 0) is 9.47 Å². The van der Waals surface area contributed by atoms with Crippen LogP contribution in [0, 0.1) is 5.92 Å². The van der Waals surface area contributed by atoms with Crippen molar-refractivity contribution in [3.8, 4) is 0 Å². The van der Waals surface area contributed by atoms with Crippen LogP contribution in [0.2, 0.25) is 0 Å². The number of anilines is 2. The molecule has 4 aliphatic rings. The van der Waals surface area contributed by atoms with E-state index < -0.39 is 42.5 Å². The number of aliphatic hydroxyl groups excluding tert-OH is 2. The fourth-order valence-electron chi connectivity index (χ4n) is 5.60. The zero-order valence-electron chi connectivity index (χ0n) is 20.4. The van der Waals surface area contributed by atoms with Crippen LogP contribution in [0.1, 0.15) is 83.4 Å². The summed E-state index contributed by atoms with van der Waals surface area (Å²) in [7, 11) is 0. The highest BCUT2D eigenvalue weighted by Crippen LogP contribution is 2.41. The summed E-state index contributed by atoms with van der Waals surface area (Å²) in [4.78, 5) is 9.27. The first-order valence-corrected chi connectivity index (χ1v) is 12.9. The molecule has 3 heterocycles. The molecule has 2 saturated carbocycles. The van der Waals surface area contributed by atoms with Crippen LogP contribution in [-0.4, -0.2) is 73.9 Å². The number of imidazole rings is 1. The number of alkyl halides is 1. The molecule has 2 aliphatic heterocycles. The van der Waals surface area contributed by atoms with Crippen molar-refractivity contribution >= 4 is 18.1 Å². The largest absolute Gasteiger partial charge is 0.390 e. The highest BCUT2D eigenvalue weighted by Gasteiger charge is 2.45. The van der Waals surface area contributed by atoms with Crippen molar-refractivity contribution in [3.63, 3.8) is 0 Å². The first-order valence-electron chi connectivity index (χ1n) is 12.9. The van der Waals surface area contributed by atoms with Crippen LogP contribution < -0.4 is 10.6 Å². The van der Waals surface area contributed by atoms with Crippen molar-refractivity contribution < 1.29 is 29.2 Å². The summed E-state index contributed by atoms with van der Waals surface area (Å²) in [6.45, 7) is 4.05. The Balaban J connectivity index is 1.38. The molecule has 0 aromatic carbocycles. The highest BCUT2D eigenvalue weighted by atomic mass is 19.1. The van der Waals surface area contributed by atoms with E-state index >= 15 is 0 Å². The first-order chi connectivity index (χ1) is 16.7. The standard InChI is InChI=1S/C24H38FN5O5/c1-13-18(31)19(32)22(35-13)30-20-17(29-23(30)28-16-7-9-24(2,33)10-8-16)21(27-12-26-20)34-11-14-3-5-15(25)6-4-14/h12-16,18-19,21-22,31-33H,3-11H2,1-2H3,(H,26,27)(H,28,29)/t13-,14?,15?,16-,18-,19-,21?,22-,24-/m1/s1. The van der Waals surface area contributed by atoms with Crippen molar-refractivity contribution in [2.75, 3.05) is 17.2 Å². The lowest BCUT2D eigenvalue weighted by molar-refractivity contribution is -0.0301. The highest BCUT2D eigenvalue weighted by molar-refractivity contribution is 5.79. The zero-order valence-corrected chi connectivity index (χ0v) is 20.4. The Labute approximate surface area is 204 Å². The Bertz CT molecular complexity index is 908. The summed E-state index contributed by atoms with van der Waals surface area (Å²) in [5.41, 5.74) is -0.0888. The fraction of sp³-hybridized carbons (Fsp3) is 0.833. The number of hydrogen-bond donors (Lipinski definition) is 5. The van der Waals surface area contributed by atoms with E-state index in [2.05, 4.69) is 15.6 Å². The van der Waals surface area contributed by atoms with Crippen molar-refractivity contribution in [2.45, 2.75) is 114 Å². The molecule has 5 N–H and O–H groups in total. The first kappa shape index (κ1) is 24.9. The number of nitrogens with zero attached hydrogens (tertiary/aromatic N) is 3. The van der Waals surface area contributed by atoms with Gasteiger partial charge in [-0.2, -0.15) is 0 Å². The topological polar surface area (TPSA) is 133 Å². The SMILES string of the molecule is C[C@H]1O[C@@H](n2c(N[C@H]3CC[C@](C)(O)CC3)nc3c2NC=NC3OCC2CCC(F)CC2)[C@H](O)[C@@H]1O. The molecule has 1 aromatic heterocycles. The van der Waals surface area contributed by atoms with Gasteiger partial charge in [0.05, 0.1) is 24.7 Å². The van der Waals surface area contributed by atoms with Gasteiger partial charge < -0.3 is 35.4 Å². The average molecular weight is 496 g/mol. The molecule has 3 fully saturated rings. The second-order valence-electron chi connectivity index (χ2n) is 10.9. The Hall–Kier alpha value is -1.79. The van der Waals surface area contributed by atoms with Crippen LogP contribution in [0.3, 0.4) is 0 Å². The van der Waals surface area contributed by atoms with Crippen molar-refractivity contribution in [1.82, 2.24) is 9.55 Å². The van der Waals surface area contributed by atoms with Crippen molar-refractivity contribution in [3.05, 3.63) is 5.69 Å². The molecular formula is C24H38FN5O5. The molecule has 10 nitrogen and oxygen atoms in total. The maximum absolute atomic E-state index is 13.5. The molecule has 1 saturated heterocycles. The van der Waals surface area contributed by atoms with Crippen LogP contribution in [0.4, 0.5) is 16.2 Å². The number of rotatable bonds is 6. The molecule has 1 unspecified atom stereocenters. The van der Waals surface area contributed by atoms with Gasteiger partial charge in [0.15, 0.2) is 12.5 Å². The quantitative estimate of drug-likeness (QED) is 0.407. The van der Waals surface area contributed by atoms with E-state index in [1.54, 1.807) is 17.8 Å². The number of aliphatic imine (C=N–C) groups is 1. The van der Waals surface area contributed by atoms with Crippen molar-refractivity contribution in [1.29, 1.82) is 0 Å². The van der Waals surface area contributed by atoms with E-state index in [1.807, 2.05) is 6.92 Å². The fourth-order valence-corrected chi connectivity index (χ4v) is 5.60. The predicted molar refractivity (Wildman–Crippen MR) is 128 cm³/mol. The maximum Gasteiger partial charge on any atom is 0.207 e. The lowest BCUT2D eigenvalue weighted by Gasteiger charge is -2.34. The van der Waals surface area contributed by atoms with Crippen LogP contribution >= 0.6 is 0 Å². The van der Waals surface area contributed by atoms with E-state index in [0.29, 0.717) is 55.7 Å². The van der Waals surface area contributed by atoms with E-state index in [4.69, 9.17) is 14.5 Å². The average Bonchev–Trinajstić information content (AvgIpc) is 3.32. The number of aliphatic hydroxyl groups is 3. The molecule has 5 atom stereocenters. The minimum Gasteiger partial charge on any atom is -0.390 e. The lowest BCUT2D eigenvalue weighted by Crippen LogP contribution is -2.37. The monoisotopic (exact) mass is 495 g/mol. The third kappa shape index (κ3) is 5.20. The van der Waals surface area contributed by atoms with Gasteiger partial charge in [-0.1, -0.05) is 0 Å². The molecule has 11 heteroatoms. The number of hydrogen-bond acceptors (Lipinski definition) is 9. The van der Waals surface area contributed by atoms with E-state index in [-0.39, 0.29) is 6.04 Å². The molecule has 5 rings (SSSR count). The number of halogens is 1. The number of aromatic nitrogens is 2.